The molecule has 3 rings (SSSR count). The summed E-state index contributed by atoms with van der Waals surface area (Å²) in [6, 6.07) is 6.10. The molecule has 1 amide bonds. The molecule has 2 N–H and O–H groups in total. The Bertz CT molecular complexity index is 780. The van der Waals surface area contributed by atoms with Crippen LogP contribution in [0.4, 0.5) is 10.1 Å². The molecule has 1 aliphatic carbocycles. The van der Waals surface area contributed by atoms with Gasteiger partial charge < -0.3 is 15.1 Å². The van der Waals surface area contributed by atoms with Crippen molar-refractivity contribution in [3.05, 3.63) is 53.1 Å². The number of anilines is 1. The minimum atomic E-state index is -0.465. The number of aromatic amines is 1. The molecule has 0 fully saturated rings. The van der Waals surface area contributed by atoms with Crippen LogP contribution in [-0.2, 0) is 11.3 Å². The van der Waals surface area contributed by atoms with Crippen molar-refractivity contribution in [1.82, 2.24) is 4.98 Å². The number of carbonyl (C=O) groups excluding carboxylic acids is 1. The Balaban J connectivity index is 1.90. The number of rotatable bonds is 4. The van der Waals surface area contributed by atoms with E-state index in [0.717, 1.165) is 36.2 Å². The predicted molar refractivity (Wildman–Crippen MR) is 90.8 cm³/mol. The molecular weight excluding hydrogens is 309 g/mol. The zero-order chi connectivity index (χ0) is 17.1. The number of aromatic nitrogens is 1. The predicted octanol–water partition coefficient (Wildman–Crippen LogP) is 3.87. The number of oxime groups is 1. The minimum absolute atomic E-state index is 0.0301. The SMILES string of the molecule is CC(C)ON=C1CCCc2[nH]cc(C(=O)Nc3ccccc3F)c21. The summed E-state index contributed by atoms with van der Waals surface area (Å²) >= 11 is 0. The van der Waals surface area contributed by atoms with Gasteiger partial charge in [-0.3, -0.25) is 4.79 Å². The number of para-hydroxylation sites is 1. The second-order valence-corrected chi connectivity index (χ2v) is 6.04. The largest absolute Gasteiger partial charge is 0.393 e. The summed E-state index contributed by atoms with van der Waals surface area (Å²) in [6.45, 7) is 3.80. The molecule has 5 nitrogen and oxygen atoms in total. The van der Waals surface area contributed by atoms with Gasteiger partial charge in [0.15, 0.2) is 0 Å². The van der Waals surface area contributed by atoms with Gasteiger partial charge in [-0.15, -0.1) is 0 Å². The van der Waals surface area contributed by atoms with Crippen LogP contribution in [-0.4, -0.2) is 22.7 Å². The zero-order valence-electron chi connectivity index (χ0n) is 13.7. The Morgan fingerprint density at radius 3 is 2.88 bits per heavy atom. The number of hydrogen-bond acceptors (Lipinski definition) is 3. The van der Waals surface area contributed by atoms with E-state index in [-0.39, 0.29) is 17.7 Å². The van der Waals surface area contributed by atoms with E-state index in [4.69, 9.17) is 4.84 Å². The van der Waals surface area contributed by atoms with Crippen LogP contribution < -0.4 is 5.32 Å². The van der Waals surface area contributed by atoms with Gasteiger partial charge in [0.05, 0.1) is 17.0 Å². The fourth-order valence-corrected chi connectivity index (χ4v) is 2.74. The standard InChI is InChI=1S/C18H20FN3O2/c1-11(2)24-22-16-9-5-8-15-17(16)12(10-20-15)18(23)21-14-7-4-3-6-13(14)19/h3-4,6-7,10-11,20H,5,8-9H2,1-2H3,(H,21,23). The van der Waals surface area contributed by atoms with Gasteiger partial charge in [-0.2, -0.15) is 0 Å². The Labute approximate surface area is 139 Å². The third-order valence-electron chi connectivity index (χ3n) is 3.83. The summed E-state index contributed by atoms with van der Waals surface area (Å²) in [4.78, 5) is 21.1. The molecule has 2 aromatic rings. The highest BCUT2D eigenvalue weighted by Crippen LogP contribution is 2.26. The Morgan fingerprint density at radius 2 is 2.12 bits per heavy atom. The van der Waals surface area contributed by atoms with Gasteiger partial charge in [0.25, 0.3) is 5.91 Å². The number of nitrogens with zero attached hydrogens (tertiary/aromatic N) is 1. The molecule has 24 heavy (non-hydrogen) atoms. The average molecular weight is 329 g/mol. The number of benzene rings is 1. The van der Waals surface area contributed by atoms with Gasteiger partial charge in [-0.05, 0) is 45.2 Å². The summed E-state index contributed by atoms with van der Waals surface area (Å²) < 4.78 is 13.8. The maximum Gasteiger partial charge on any atom is 0.257 e. The quantitative estimate of drug-likeness (QED) is 0.836. The fraction of sp³-hybridized carbons (Fsp3) is 0.333. The van der Waals surface area contributed by atoms with Gasteiger partial charge in [0.2, 0.25) is 0 Å². The van der Waals surface area contributed by atoms with Crippen LogP contribution in [0.15, 0.2) is 35.6 Å². The van der Waals surface area contributed by atoms with Crippen LogP contribution in [0.3, 0.4) is 0 Å². The van der Waals surface area contributed by atoms with E-state index in [9.17, 15) is 9.18 Å². The number of fused-ring (bicyclic) bond motifs is 1. The highest BCUT2D eigenvalue weighted by atomic mass is 19.1. The fourth-order valence-electron chi connectivity index (χ4n) is 2.74. The summed E-state index contributed by atoms with van der Waals surface area (Å²) in [7, 11) is 0. The van der Waals surface area contributed by atoms with E-state index in [1.165, 1.54) is 12.1 Å². The summed E-state index contributed by atoms with van der Waals surface area (Å²) in [5.41, 5.74) is 3.11. The van der Waals surface area contributed by atoms with E-state index in [0.29, 0.717) is 5.56 Å². The molecule has 1 aromatic heterocycles. The first-order chi connectivity index (χ1) is 11.6. The molecule has 0 atom stereocenters. The van der Waals surface area contributed by atoms with Crippen molar-refractivity contribution in [3.63, 3.8) is 0 Å². The van der Waals surface area contributed by atoms with Crippen molar-refractivity contribution >= 4 is 17.3 Å². The van der Waals surface area contributed by atoms with E-state index >= 15 is 0 Å². The highest BCUT2D eigenvalue weighted by Gasteiger charge is 2.25. The van der Waals surface area contributed by atoms with Crippen molar-refractivity contribution in [1.29, 1.82) is 0 Å². The van der Waals surface area contributed by atoms with E-state index < -0.39 is 5.82 Å². The highest BCUT2D eigenvalue weighted by molar-refractivity contribution is 6.15. The van der Waals surface area contributed by atoms with Gasteiger partial charge in [-0.1, -0.05) is 17.3 Å². The smallest absolute Gasteiger partial charge is 0.257 e. The first kappa shape index (κ1) is 16.2. The number of H-pyrrole nitrogens is 1. The number of amides is 1. The van der Waals surface area contributed by atoms with E-state index in [1.54, 1.807) is 18.3 Å². The lowest BCUT2D eigenvalue weighted by Crippen LogP contribution is -2.19. The van der Waals surface area contributed by atoms with Crippen LogP contribution >= 0.6 is 0 Å². The Hall–Kier alpha value is -2.63. The van der Waals surface area contributed by atoms with Gasteiger partial charge in [-0.25, -0.2) is 4.39 Å². The third kappa shape index (κ3) is 3.32. The molecule has 0 saturated heterocycles. The molecule has 0 unspecified atom stereocenters. The van der Waals surface area contributed by atoms with E-state index in [1.807, 2.05) is 13.8 Å². The van der Waals surface area contributed by atoms with Gasteiger partial charge in [0, 0.05) is 17.5 Å². The molecule has 1 aliphatic rings. The van der Waals surface area contributed by atoms with Gasteiger partial charge >= 0.3 is 0 Å². The van der Waals surface area contributed by atoms with Crippen LogP contribution in [0.25, 0.3) is 0 Å². The monoisotopic (exact) mass is 329 g/mol. The van der Waals surface area contributed by atoms with Crippen molar-refractivity contribution in [2.45, 2.75) is 39.2 Å². The molecule has 0 spiro atoms. The van der Waals surface area contributed by atoms with Crippen molar-refractivity contribution < 1.29 is 14.0 Å². The average Bonchev–Trinajstić information content (AvgIpc) is 2.99. The molecule has 126 valence electrons. The second kappa shape index (κ2) is 6.86. The maximum atomic E-state index is 13.8. The molecule has 0 aliphatic heterocycles. The summed E-state index contributed by atoms with van der Waals surface area (Å²) in [6.07, 6.45) is 4.16. The Kier molecular flexibility index (Phi) is 4.64. The first-order valence-corrected chi connectivity index (χ1v) is 8.05. The maximum absolute atomic E-state index is 13.8. The molecular formula is C18H20FN3O2. The lowest BCUT2D eigenvalue weighted by atomic mass is 9.93. The molecule has 1 aromatic carbocycles. The van der Waals surface area contributed by atoms with Gasteiger partial charge in [0.1, 0.15) is 11.9 Å². The van der Waals surface area contributed by atoms with Crippen LogP contribution in [0.5, 0.6) is 0 Å². The normalized spacial score (nSPS) is 15.4. The topological polar surface area (TPSA) is 66.5 Å². The van der Waals surface area contributed by atoms with E-state index in [2.05, 4.69) is 15.5 Å². The summed E-state index contributed by atoms with van der Waals surface area (Å²) in [5, 5.41) is 6.82. The number of halogens is 1. The van der Waals surface area contributed by atoms with Crippen molar-refractivity contribution in [2.24, 2.45) is 5.16 Å². The van der Waals surface area contributed by atoms with Crippen molar-refractivity contribution in [2.75, 3.05) is 5.32 Å². The molecule has 0 radical (unpaired) electrons. The first-order valence-electron chi connectivity index (χ1n) is 8.05. The Morgan fingerprint density at radius 1 is 1.33 bits per heavy atom. The lowest BCUT2D eigenvalue weighted by molar-refractivity contribution is 0.0855. The third-order valence-corrected chi connectivity index (χ3v) is 3.83. The summed E-state index contributed by atoms with van der Waals surface area (Å²) in [5.74, 6) is -0.830. The molecule has 6 heteroatoms. The van der Waals surface area contributed by atoms with Crippen molar-refractivity contribution in [3.8, 4) is 0 Å². The number of nitrogens with one attached hydrogen (secondary N) is 2. The second-order valence-electron chi connectivity index (χ2n) is 6.04. The minimum Gasteiger partial charge on any atom is -0.393 e. The lowest BCUT2D eigenvalue weighted by Gasteiger charge is -2.16. The van der Waals surface area contributed by atoms with Crippen LogP contribution in [0, 0.1) is 5.82 Å². The number of carbonyl (C=O) groups is 1. The van der Waals surface area contributed by atoms with Crippen LogP contribution in [0.2, 0.25) is 0 Å². The zero-order valence-corrected chi connectivity index (χ0v) is 13.7. The molecule has 0 bridgehead atoms. The molecule has 1 heterocycles. The number of aryl methyl sites for hydroxylation is 1. The molecule has 0 saturated carbocycles. The van der Waals surface area contributed by atoms with Crippen LogP contribution in [0.1, 0.15) is 48.3 Å². The number of hydrogen-bond donors (Lipinski definition) is 2.